The molecule has 0 saturated carbocycles. The van der Waals surface area contributed by atoms with E-state index >= 15 is 0 Å². The average molecular weight is 419 g/mol. The normalized spacial score (nSPS) is 18.7. The molecule has 0 bridgehead atoms. The van der Waals surface area contributed by atoms with Crippen LogP contribution in [0.4, 0.5) is 5.82 Å². The molecule has 3 aromatic rings. The van der Waals surface area contributed by atoms with Gasteiger partial charge in [-0.2, -0.15) is 4.98 Å². The van der Waals surface area contributed by atoms with Crippen LogP contribution in [0.1, 0.15) is 66.3 Å². The summed E-state index contributed by atoms with van der Waals surface area (Å²) in [7, 11) is 0. The van der Waals surface area contributed by atoms with Crippen molar-refractivity contribution in [2.45, 2.75) is 44.9 Å². The molecule has 8 heteroatoms. The van der Waals surface area contributed by atoms with Crippen LogP contribution in [0.25, 0.3) is 11.4 Å². The number of nitrogens with zero attached hydrogens (tertiary/aromatic N) is 5. The molecular weight excluding hydrogens is 392 g/mol. The number of anilines is 1. The monoisotopic (exact) mass is 418 g/mol. The second kappa shape index (κ2) is 8.09. The van der Waals surface area contributed by atoms with Crippen LogP contribution in [0, 0.1) is 0 Å². The van der Waals surface area contributed by atoms with Crippen molar-refractivity contribution in [3.05, 3.63) is 53.3 Å². The summed E-state index contributed by atoms with van der Waals surface area (Å²) in [4.78, 5) is 29.1. The summed E-state index contributed by atoms with van der Waals surface area (Å²) in [6.45, 7) is 6.34. The number of aromatic nitrogens is 4. The van der Waals surface area contributed by atoms with E-state index in [1.54, 1.807) is 0 Å². The Morgan fingerprint density at radius 1 is 1.16 bits per heavy atom. The first-order valence-corrected chi connectivity index (χ1v) is 10.9. The highest BCUT2D eigenvalue weighted by atomic mass is 16.5. The van der Waals surface area contributed by atoms with Crippen LogP contribution in [0.3, 0.4) is 0 Å². The van der Waals surface area contributed by atoms with Crippen molar-refractivity contribution in [1.29, 1.82) is 0 Å². The van der Waals surface area contributed by atoms with Crippen molar-refractivity contribution in [1.82, 2.24) is 25.4 Å². The number of hydrogen-bond donors (Lipinski definition) is 1. The van der Waals surface area contributed by atoms with E-state index in [1.165, 1.54) is 0 Å². The highest BCUT2D eigenvalue weighted by Gasteiger charge is 2.31. The SMILES string of the molecule is CC(C)c1noc(C2CCCN(c3nc(-c4ccccc4)nc4c3CCNC4=O)C2)n1. The van der Waals surface area contributed by atoms with Gasteiger partial charge >= 0.3 is 0 Å². The van der Waals surface area contributed by atoms with E-state index in [0.717, 1.165) is 55.1 Å². The summed E-state index contributed by atoms with van der Waals surface area (Å²) in [5.74, 6) is 3.12. The third-order valence-corrected chi connectivity index (χ3v) is 5.94. The van der Waals surface area contributed by atoms with E-state index in [1.807, 2.05) is 30.3 Å². The Morgan fingerprint density at radius 2 is 2.00 bits per heavy atom. The summed E-state index contributed by atoms with van der Waals surface area (Å²) in [5, 5.41) is 7.05. The van der Waals surface area contributed by atoms with Crippen LogP contribution in [-0.4, -0.2) is 45.7 Å². The molecule has 1 atom stereocenters. The minimum Gasteiger partial charge on any atom is -0.355 e. The van der Waals surface area contributed by atoms with Crippen LogP contribution in [0.2, 0.25) is 0 Å². The summed E-state index contributed by atoms with van der Waals surface area (Å²) >= 11 is 0. The number of fused-ring (bicyclic) bond motifs is 1. The Morgan fingerprint density at radius 3 is 2.77 bits per heavy atom. The van der Waals surface area contributed by atoms with Crippen LogP contribution < -0.4 is 10.2 Å². The molecule has 0 radical (unpaired) electrons. The molecule has 160 valence electrons. The highest BCUT2D eigenvalue weighted by molar-refractivity contribution is 5.96. The molecule has 1 aromatic carbocycles. The third kappa shape index (κ3) is 3.78. The lowest BCUT2D eigenvalue weighted by atomic mass is 9.96. The van der Waals surface area contributed by atoms with Crippen LogP contribution in [0.15, 0.2) is 34.9 Å². The predicted molar refractivity (Wildman–Crippen MR) is 116 cm³/mol. The van der Waals surface area contributed by atoms with E-state index in [9.17, 15) is 4.79 Å². The lowest BCUT2D eigenvalue weighted by Gasteiger charge is -2.34. The summed E-state index contributed by atoms with van der Waals surface area (Å²) in [6.07, 6.45) is 2.72. The van der Waals surface area contributed by atoms with Crippen molar-refractivity contribution in [3.8, 4) is 11.4 Å². The van der Waals surface area contributed by atoms with Gasteiger partial charge in [0, 0.05) is 36.7 Å². The Labute approximate surface area is 181 Å². The molecule has 1 unspecified atom stereocenters. The smallest absolute Gasteiger partial charge is 0.270 e. The fourth-order valence-electron chi connectivity index (χ4n) is 4.27. The van der Waals surface area contributed by atoms with Crippen LogP contribution in [-0.2, 0) is 6.42 Å². The maximum Gasteiger partial charge on any atom is 0.270 e. The summed E-state index contributed by atoms with van der Waals surface area (Å²) in [5.41, 5.74) is 2.31. The molecule has 2 aliphatic rings. The van der Waals surface area contributed by atoms with Gasteiger partial charge in [-0.15, -0.1) is 0 Å². The largest absolute Gasteiger partial charge is 0.355 e. The first kappa shape index (κ1) is 19.7. The lowest BCUT2D eigenvalue weighted by molar-refractivity contribution is 0.0940. The van der Waals surface area contributed by atoms with E-state index in [4.69, 9.17) is 9.51 Å². The zero-order valence-electron chi connectivity index (χ0n) is 17.8. The van der Waals surface area contributed by atoms with Gasteiger partial charge in [-0.1, -0.05) is 49.3 Å². The first-order chi connectivity index (χ1) is 15.1. The van der Waals surface area contributed by atoms with Gasteiger partial charge in [-0.05, 0) is 19.3 Å². The Kier molecular flexibility index (Phi) is 5.13. The van der Waals surface area contributed by atoms with Crippen molar-refractivity contribution >= 4 is 11.7 Å². The number of amides is 1. The minimum atomic E-state index is -0.130. The molecule has 1 N–H and O–H groups in total. The molecule has 0 aliphatic carbocycles. The summed E-state index contributed by atoms with van der Waals surface area (Å²) < 4.78 is 5.59. The molecule has 1 fully saturated rings. The number of carbonyl (C=O) groups excluding carboxylic acids is 1. The molecule has 4 heterocycles. The van der Waals surface area contributed by atoms with Gasteiger partial charge in [-0.3, -0.25) is 4.79 Å². The van der Waals surface area contributed by atoms with Gasteiger partial charge in [0.25, 0.3) is 5.91 Å². The van der Waals surface area contributed by atoms with Crippen molar-refractivity contribution in [2.75, 3.05) is 24.5 Å². The van der Waals surface area contributed by atoms with E-state index in [-0.39, 0.29) is 17.7 Å². The predicted octanol–water partition coefficient (Wildman–Crippen LogP) is 3.32. The van der Waals surface area contributed by atoms with Crippen molar-refractivity contribution in [3.63, 3.8) is 0 Å². The third-order valence-electron chi connectivity index (χ3n) is 5.94. The number of nitrogens with one attached hydrogen (secondary N) is 1. The minimum absolute atomic E-state index is 0.130. The summed E-state index contributed by atoms with van der Waals surface area (Å²) in [6, 6.07) is 9.81. The van der Waals surface area contributed by atoms with E-state index in [2.05, 4.69) is 39.2 Å². The number of rotatable bonds is 4. The quantitative estimate of drug-likeness (QED) is 0.694. The molecule has 31 heavy (non-hydrogen) atoms. The highest BCUT2D eigenvalue weighted by Crippen LogP contribution is 2.33. The molecule has 2 aromatic heterocycles. The van der Waals surface area contributed by atoms with Gasteiger partial charge in [0.1, 0.15) is 11.5 Å². The number of piperidine rings is 1. The fourth-order valence-corrected chi connectivity index (χ4v) is 4.27. The second-order valence-electron chi connectivity index (χ2n) is 8.50. The average Bonchev–Trinajstić information content (AvgIpc) is 3.30. The van der Waals surface area contributed by atoms with Crippen LogP contribution >= 0.6 is 0 Å². The zero-order valence-corrected chi connectivity index (χ0v) is 17.8. The second-order valence-corrected chi connectivity index (χ2v) is 8.50. The van der Waals surface area contributed by atoms with Crippen LogP contribution in [0.5, 0.6) is 0 Å². The Balaban J connectivity index is 1.52. The molecule has 0 spiro atoms. The standard InChI is InChI=1S/C23H26N6O2/c1-14(2)19-27-23(31-28-19)16-9-6-12-29(13-16)21-17-10-11-24-22(30)18(17)25-20(26-21)15-7-4-3-5-8-15/h3-5,7-8,14,16H,6,9-13H2,1-2H3,(H,24,30). The van der Waals surface area contributed by atoms with Gasteiger partial charge in [0.2, 0.25) is 5.89 Å². The van der Waals surface area contributed by atoms with Gasteiger partial charge in [0.05, 0.1) is 5.92 Å². The fraction of sp³-hybridized carbons (Fsp3) is 0.435. The maximum atomic E-state index is 12.6. The van der Waals surface area contributed by atoms with E-state index < -0.39 is 0 Å². The molecule has 8 nitrogen and oxygen atoms in total. The van der Waals surface area contributed by atoms with Crippen molar-refractivity contribution < 1.29 is 9.32 Å². The Bertz CT molecular complexity index is 1090. The number of benzene rings is 1. The molecular formula is C23H26N6O2. The first-order valence-electron chi connectivity index (χ1n) is 10.9. The van der Waals surface area contributed by atoms with Crippen molar-refractivity contribution in [2.24, 2.45) is 0 Å². The van der Waals surface area contributed by atoms with Gasteiger partial charge < -0.3 is 14.7 Å². The van der Waals surface area contributed by atoms with Gasteiger partial charge in [0.15, 0.2) is 11.6 Å². The molecule has 1 amide bonds. The lowest BCUT2D eigenvalue weighted by Crippen LogP contribution is -2.39. The topological polar surface area (TPSA) is 97.0 Å². The molecule has 1 saturated heterocycles. The Hall–Kier alpha value is -3.29. The number of carbonyl (C=O) groups is 1. The zero-order chi connectivity index (χ0) is 21.4. The maximum absolute atomic E-state index is 12.6. The molecule has 2 aliphatic heterocycles. The van der Waals surface area contributed by atoms with E-state index in [0.29, 0.717) is 24.0 Å². The molecule has 5 rings (SSSR count). The van der Waals surface area contributed by atoms with Gasteiger partial charge in [-0.25, -0.2) is 9.97 Å². The number of hydrogen-bond acceptors (Lipinski definition) is 7.